The molecule has 21 heavy (non-hydrogen) atoms. The zero-order valence-corrected chi connectivity index (χ0v) is 13.4. The summed E-state index contributed by atoms with van der Waals surface area (Å²) in [6.45, 7) is 2.65. The normalized spacial score (nSPS) is 11.8. The van der Waals surface area contributed by atoms with Crippen molar-refractivity contribution in [2.24, 2.45) is 0 Å². The highest BCUT2D eigenvalue weighted by molar-refractivity contribution is 6.42. The van der Waals surface area contributed by atoms with E-state index in [4.69, 9.17) is 32.7 Å². The molecule has 0 saturated heterocycles. The molecule has 0 radical (unpaired) electrons. The predicted molar refractivity (Wildman–Crippen MR) is 88.0 cm³/mol. The van der Waals surface area contributed by atoms with Gasteiger partial charge in [0, 0.05) is 5.69 Å². The van der Waals surface area contributed by atoms with E-state index in [1.165, 1.54) is 0 Å². The number of nitrogens with one attached hydrogen (secondary N) is 1. The van der Waals surface area contributed by atoms with Gasteiger partial charge in [-0.25, -0.2) is 0 Å². The fourth-order valence-electron chi connectivity index (χ4n) is 1.80. The largest absolute Gasteiger partial charge is 0.497 e. The number of hydrogen-bond acceptors (Lipinski definition) is 3. The molecule has 2 aromatic carbocycles. The first-order chi connectivity index (χ1) is 10.1. The van der Waals surface area contributed by atoms with Crippen LogP contribution in [0.4, 0.5) is 5.69 Å². The van der Waals surface area contributed by atoms with Gasteiger partial charge < -0.3 is 14.8 Å². The average Bonchev–Trinajstić information content (AvgIpc) is 2.49. The minimum Gasteiger partial charge on any atom is -0.497 e. The van der Waals surface area contributed by atoms with Gasteiger partial charge in [0.15, 0.2) is 0 Å². The van der Waals surface area contributed by atoms with Gasteiger partial charge in [0.05, 0.1) is 23.7 Å². The van der Waals surface area contributed by atoms with Crippen molar-refractivity contribution >= 4 is 28.9 Å². The van der Waals surface area contributed by atoms with Gasteiger partial charge in [-0.3, -0.25) is 0 Å². The van der Waals surface area contributed by atoms with Gasteiger partial charge in [-0.1, -0.05) is 23.2 Å². The molecular formula is C16H17Cl2NO2. The molecule has 0 heterocycles. The summed E-state index contributed by atoms with van der Waals surface area (Å²) in [6, 6.07) is 12.9. The fraction of sp³-hybridized carbons (Fsp3) is 0.250. The smallest absolute Gasteiger partial charge is 0.120 e. The first kappa shape index (κ1) is 15.8. The zero-order valence-electron chi connectivity index (χ0n) is 11.9. The second-order valence-corrected chi connectivity index (χ2v) is 5.43. The molecule has 0 unspecified atom stereocenters. The molecule has 0 aliphatic carbocycles. The lowest BCUT2D eigenvalue weighted by molar-refractivity contribution is 0.234. The van der Waals surface area contributed by atoms with Crippen molar-refractivity contribution in [1.29, 1.82) is 0 Å². The number of hydrogen-bond donors (Lipinski definition) is 1. The molecule has 0 saturated carbocycles. The van der Waals surface area contributed by atoms with Gasteiger partial charge in [-0.05, 0) is 49.4 Å². The van der Waals surface area contributed by atoms with Crippen LogP contribution >= 0.6 is 23.2 Å². The van der Waals surface area contributed by atoms with Crippen molar-refractivity contribution < 1.29 is 9.47 Å². The molecule has 0 spiro atoms. The molecule has 0 fully saturated rings. The highest BCUT2D eigenvalue weighted by Crippen LogP contribution is 2.25. The molecular weight excluding hydrogens is 309 g/mol. The number of anilines is 1. The van der Waals surface area contributed by atoms with Gasteiger partial charge in [-0.2, -0.15) is 0 Å². The Morgan fingerprint density at radius 2 is 1.67 bits per heavy atom. The first-order valence-corrected chi connectivity index (χ1v) is 7.33. The van der Waals surface area contributed by atoms with Gasteiger partial charge >= 0.3 is 0 Å². The molecule has 0 amide bonds. The van der Waals surface area contributed by atoms with Crippen LogP contribution in [0.15, 0.2) is 42.5 Å². The van der Waals surface area contributed by atoms with Gasteiger partial charge in [0.25, 0.3) is 0 Å². The summed E-state index contributed by atoms with van der Waals surface area (Å²) in [4.78, 5) is 0. The van der Waals surface area contributed by atoms with Crippen LogP contribution in [-0.2, 0) is 0 Å². The molecule has 1 N–H and O–H groups in total. The van der Waals surface area contributed by atoms with Crippen molar-refractivity contribution in [3.05, 3.63) is 52.5 Å². The maximum absolute atomic E-state index is 5.97. The third-order valence-electron chi connectivity index (χ3n) is 2.91. The minimum absolute atomic E-state index is 0.00727. The molecule has 0 bridgehead atoms. The van der Waals surface area contributed by atoms with Gasteiger partial charge in [0.2, 0.25) is 0 Å². The quantitative estimate of drug-likeness (QED) is 0.820. The molecule has 0 aliphatic rings. The molecule has 2 rings (SSSR count). The molecule has 3 nitrogen and oxygen atoms in total. The number of benzene rings is 2. The molecule has 5 heteroatoms. The molecule has 1 atom stereocenters. The number of ether oxygens (including phenoxy) is 2. The van der Waals surface area contributed by atoms with E-state index in [0.29, 0.717) is 16.6 Å². The van der Waals surface area contributed by atoms with Crippen LogP contribution in [-0.4, -0.2) is 19.8 Å². The van der Waals surface area contributed by atoms with E-state index in [0.717, 1.165) is 17.2 Å². The maximum atomic E-state index is 5.97. The summed E-state index contributed by atoms with van der Waals surface area (Å²) in [7, 11) is 1.64. The Bertz CT molecular complexity index is 587. The SMILES string of the molecule is COc1ccc(O[C@H](C)CNc2ccc(Cl)c(Cl)c2)cc1. The van der Waals surface area contributed by atoms with E-state index in [-0.39, 0.29) is 6.10 Å². The number of methoxy groups -OCH3 is 1. The van der Waals surface area contributed by atoms with Crippen LogP contribution in [0.3, 0.4) is 0 Å². The summed E-state index contributed by atoms with van der Waals surface area (Å²) in [5.74, 6) is 1.61. The summed E-state index contributed by atoms with van der Waals surface area (Å²) >= 11 is 11.9. The fourth-order valence-corrected chi connectivity index (χ4v) is 2.09. The highest BCUT2D eigenvalue weighted by atomic mass is 35.5. The first-order valence-electron chi connectivity index (χ1n) is 6.58. The summed E-state index contributed by atoms with van der Waals surface area (Å²) in [5, 5.41) is 4.34. The van der Waals surface area contributed by atoms with E-state index >= 15 is 0 Å². The lowest BCUT2D eigenvalue weighted by atomic mass is 10.3. The molecule has 2 aromatic rings. The van der Waals surface area contributed by atoms with Crippen molar-refractivity contribution in [3.8, 4) is 11.5 Å². The van der Waals surface area contributed by atoms with Crippen molar-refractivity contribution in [3.63, 3.8) is 0 Å². The van der Waals surface area contributed by atoms with Crippen molar-refractivity contribution in [2.75, 3.05) is 19.0 Å². The highest BCUT2D eigenvalue weighted by Gasteiger charge is 2.05. The molecule has 0 aromatic heterocycles. The average molecular weight is 326 g/mol. The second kappa shape index (κ2) is 7.43. The van der Waals surface area contributed by atoms with E-state index in [9.17, 15) is 0 Å². The Hall–Kier alpha value is -1.58. The van der Waals surface area contributed by atoms with Gasteiger partial charge in [0.1, 0.15) is 17.6 Å². The Labute approximate surface area is 134 Å². The Kier molecular flexibility index (Phi) is 5.59. The Balaban J connectivity index is 1.86. The zero-order chi connectivity index (χ0) is 15.2. The van der Waals surface area contributed by atoms with E-state index < -0.39 is 0 Å². The van der Waals surface area contributed by atoms with Crippen LogP contribution in [0.5, 0.6) is 11.5 Å². The summed E-state index contributed by atoms with van der Waals surface area (Å²) in [5.41, 5.74) is 0.912. The van der Waals surface area contributed by atoms with Crippen molar-refractivity contribution in [2.45, 2.75) is 13.0 Å². The van der Waals surface area contributed by atoms with Crippen molar-refractivity contribution in [1.82, 2.24) is 0 Å². The number of rotatable bonds is 6. The van der Waals surface area contributed by atoms with Crippen LogP contribution in [0.25, 0.3) is 0 Å². The lowest BCUT2D eigenvalue weighted by Gasteiger charge is -2.16. The number of halogens is 2. The van der Waals surface area contributed by atoms with E-state index in [1.807, 2.05) is 37.3 Å². The minimum atomic E-state index is 0.00727. The van der Waals surface area contributed by atoms with E-state index in [1.54, 1.807) is 19.2 Å². The summed E-state index contributed by atoms with van der Waals surface area (Å²) in [6.07, 6.45) is 0.00727. The topological polar surface area (TPSA) is 30.5 Å². The molecule has 112 valence electrons. The Morgan fingerprint density at radius 1 is 1.00 bits per heavy atom. The third kappa shape index (κ3) is 4.73. The second-order valence-electron chi connectivity index (χ2n) is 4.61. The standard InChI is InChI=1S/C16H17Cl2NO2/c1-11(21-14-6-4-13(20-2)5-7-14)10-19-12-3-8-15(17)16(18)9-12/h3-9,11,19H,10H2,1-2H3/t11-/m1/s1. The monoisotopic (exact) mass is 325 g/mol. The van der Waals surface area contributed by atoms with Crippen LogP contribution in [0.2, 0.25) is 10.0 Å². The van der Waals surface area contributed by atoms with E-state index in [2.05, 4.69) is 5.32 Å². The third-order valence-corrected chi connectivity index (χ3v) is 3.65. The summed E-state index contributed by atoms with van der Waals surface area (Å²) < 4.78 is 10.9. The maximum Gasteiger partial charge on any atom is 0.120 e. The molecule has 0 aliphatic heterocycles. The van der Waals surface area contributed by atoms with Crippen LogP contribution in [0, 0.1) is 0 Å². The lowest BCUT2D eigenvalue weighted by Crippen LogP contribution is -2.22. The van der Waals surface area contributed by atoms with Gasteiger partial charge in [-0.15, -0.1) is 0 Å². The predicted octanol–water partition coefficient (Wildman–Crippen LogP) is 4.88. The van der Waals surface area contributed by atoms with Crippen LogP contribution < -0.4 is 14.8 Å². The Morgan fingerprint density at radius 3 is 2.29 bits per heavy atom. The van der Waals surface area contributed by atoms with Crippen LogP contribution in [0.1, 0.15) is 6.92 Å².